The number of ether oxygens (including phenoxy) is 1. The maximum Gasteiger partial charge on any atom is 0.159 e. The topological polar surface area (TPSA) is 54.7 Å². The molecule has 3 rings (SSSR count). The highest BCUT2D eigenvalue weighted by Gasteiger charge is 2.17. The molecule has 1 saturated heterocycles. The zero-order chi connectivity index (χ0) is 13.9. The summed E-state index contributed by atoms with van der Waals surface area (Å²) < 4.78 is 7.14. The van der Waals surface area contributed by atoms with Crippen molar-refractivity contribution in [1.29, 1.82) is 0 Å². The molecule has 2 aromatic heterocycles. The molecule has 0 aliphatic carbocycles. The molecule has 2 aromatic rings. The molecule has 0 aromatic carbocycles. The fourth-order valence-corrected chi connectivity index (χ4v) is 2.60. The average Bonchev–Trinajstić information content (AvgIpc) is 2.93. The van der Waals surface area contributed by atoms with E-state index in [4.69, 9.17) is 16.3 Å². The lowest BCUT2D eigenvalue weighted by Crippen LogP contribution is -2.45. The smallest absolute Gasteiger partial charge is 0.159 e. The first-order valence-electron chi connectivity index (χ1n) is 6.80. The predicted molar refractivity (Wildman–Crippen MR) is 78.3 cm³/mol. The van der Waals surface area contributed by atoms with Crippen LogP contribution in [0.1, 0.15) is 6.92 Å². The summed E-state index contributed by atoms with van der Waals surface area (Å²) in [6, 6.07) is 4.06. The van der Waals surface area contributed by atoms with E-state index < -0.39 is 0 Å². The van der Waals surface area contributed by atoms with Gasteiger partial charge < -0.3 is 10.1 Å². The van der Waals surface area contributed by atoms with E-state index in [1.807, 2.05) is 6.07 Å². The van der Waals surface area contributed by atoms with Crippen LogP contribution in [-0.2, 0) is 4.74 Å². The quantitative estimate of drug-likeness (QED) is 0.867. The fourth-order valence-electron chi connectivity index (χ4n) is 2.41. The number of aromatic nitrogens is 3. The Labute approximate surface area is 122 Å². The third kappa shape index (κ3) is 2.87. The predicted octanol–water partition coefficient (Wildman–Crippen LogP) is 1.52. The van der Waals surface area contributed by atoms with Gasteiger partial charge in [-0.2, -0.15) is 9.61 Å². The van der Waals surface area contributed by atoms with Crippen LogP contribution in [0.5, 0.6) is 0 Å². The van der Waals surface area contributed by atoms with Crippen molar-refractivity contribution in [2.24, 2.45) is 0 Å². The van der Waals surface area contributed by atoms with E-state index >= 15 is 0 Å². The lowest BCUT2D eigenvalue weighted by Gasteiger charge is -2.32. The molecule has 3 heterocycles. The number of nitrogens with zero attached hydrogens (tertiary/aromatic N) is 4. The molecule has 1 aliphatic heterocycles. The van der Waals surface area contributed by atoms with E-state index in [0.29, 0.717) is 11.2 Å². The van der Waals surface area contributed by atoms with E-state index in [1.54, 1.807) is 16.8 Å². The van der Waals surface area contributed by atoms with Crippen LogP contribution in [0.3, 0.4) is 0 Å². The molecule has 1 fully saturated rings. The summed E-state index contributed by atoms with van der Waals surface area (Å²) in [5, 5.41) is 8.13. The second-order valence-corrected chi connectivity index (χ2v) is 5.33. The largest absolute Gasteiger partial charge is 0.379 e. The van der Waals surface area contributed by atoms with E-state index in [2.05, 4.69) is 27.2 Å². The first-order chi connectivity index (χ1) is 9.74. The fraction of sp³-hybridized carbons (Fsp3) is 0.538. The van der Waals surface area contributed by atoms with Crippen molar-refractivity contribution in [2.45, 2.75) is 13.0 Å². The van der Waals surface area contributed by atoms with Crippen LogP contribution >= 0.6 is 11.6 Å². The van der Waals surface area contributed by atoms with Gasteiger partial charge in [0.15, 0.2) is 5.65 Å². The molecule has 20 heavy (non-hydrogen) atoms. The molecule has 0 saturated carbocycles. The van der Waals surface area contributed by atoms with Crippen molar-refractivity contribution >= 4 is 23.1 Å². The summed E-state index contributed by atoms with van der Waals surface area (Å²) in [6.07, 6.45) is 1.72. The summed E-state index contributed by atoms with van der Waals surface area (Å²) in [5.74, 6) is 0.866. The first kappa shape index (κ1) is 13.6. The Hall–Kier alpha value is -1.37. The average molecular weight is 296 g/mol. The van der Waals surface area contributed by atoms with E-state index in [-0.39, 0.29) is 0 Å². The third-order valence-electron chi connectivity index (χ3n) is 3.58. The highest BCUT2D eigenvalue weighted by molar-refractivity contribution is 6.29. The Kier molecular flexibility index (Phi) is 4.05. The standard InChI is InChI=1S/C13H18ClN5O/c1-10(18-4-6-20-7-5-18)9-15-13-8-11(14)17-12-2-3-16-19(12)13/h2-3,8,10,15H,4-7,9H2,1H3. The normalized spacial score (nSPS) is 18.3. The van der Waals surface area contributed by atoms with Crippen LogP contribution in [0, 0.1) is 0 Å². The number of hydrogen-bond acceptors (Lipinski definition) is 5. The van der Waals surface area contributed by atoms with Crippen molar-refractivity contribution in [3.8, 4) is 0 Å². The lowest BCUT2D eigenvalue weighted by molar-refractivity contribution is 0.0227. The molecule has 1 unspecified atom stereocenters. The maximum absolute atomic E-state index is 6.03. The van der Waals surface area contributed by atoms with Gasteiger partial charge in [0.2, 0.25) is 0 Å². The van der Waals surface area contributed by atoms with Gasteiger partial charge in [-0.15, -0.1) is 0 Å². The van der Waals surface area contributed by atoms with Crippen molar-refractivity contribution in [2.75, 3.05) is 38.2 Å². The number of nitrogens with one attached hydrogen (secondary N) is 1. The van der Waals surface area contributed by atoms with Crippen LogP contribution in [0.4, 0.5) is 5.82 Å². The Bertz CT molecular complexity index is 581. The van der Waals surface area contributed by atoms with Crippen molar-refractivity contribution in [3.63, 3.8) is 0 Å². The highest BCUT2D eigenvalue weighted by Crippen LogP contribution is 2.16. The molecule has 0 amide bonds. The second-order valence-electron chi connectivity index (χ2n) is 4.94. The third-order valence-corrected chi connectivity index (χ3v) is 3.77. The van der Waals surface area contributed by atoms with Gasteiger partial charge in [0.05, 0.1) is 19.4 Å². The zero-order valence-corrected chi connectivity index (χ0v) is 12.2. The first-order valence-corrected chi connectivity index (χ1v) is 7.18. The molecule has 0 bridgehead atoms. The van der Waals surface area contributed by atoms with Crippen LogP contribution < -0.4 is 5.32 Å². The van der Waals surface area contributed by atoms with E-state index in [9.17, 15) is 0 Å². The van der Waals surface area contributed by atoms with Gasteiger partial charge in [0, 0.05) is 37.8 Å². The minimum absolute atomic E-state index is 0.427. The zero-order valence-electron chi connectivity index (χ0n) is 11.4. The molecule has 7 heteroatoms. The Morgan fingerprint density at radius 2 is 2.25 bits per heavy atom. The Morgan fingerprint density at radius 3 is 3.05 bits per heavy atom. The summed E-state index contributed by atoms with van der Waals surface area (Å²) in [5.41, 5.74) is 0.749. The Morgan fingerprint density at radius 1 is 1.45 bits per heavy atom. The van der Waals surface area contributed by atoms with Gasteiger partial charge in [-0.3, -0.25) is 4.90 Å². The molecular weight excluding hydrogens is 278 g/mol. The van der Waals surface area contributed by atoms with Crippen LogP contribution in [0.2, 0.25) is 5.15 Å². The monoisotopic (exact) mass is 295 g/mol. The molecule has 0 radical (unpaired) electrons. The summed E-state index contributed by atoms with van der Waals surface area (Å²) in [7, 11) is 0. The van der Waals surface area contributed by atoms with Gasteiger partial charge in [0.1, 0.15) is 11.0 Å². The van der Waals surface area contributed by atoms with Crippen LogP contribution in [0.25, 0.3) is 5.65 Å². The molecule has 1 atom stereocenters. The summed E-state index contributed by atoms with van der Waals surface area (Å²) in [6.45, 7) is 6.63. The number of rotatable bonds is 4. The second kappa shape index (κ2) is 5.95. The minimum atomic E-state index is 0.427. The number of hydrogen-bond donors (Lipinski definition) is 1. The summed E-state index contributed by atoms with van der Waals surface area (Å²) >= 11 is 6.03. The lowest BCUT2D eigenvalue weighted by atomic mass is 10.2. The molecule has 6 nitrogen and oxygen atoms in total. The minimum Gasteiger partial charge on any atom is -0.379 e. The van der Waals surface area contributed by atoms with Crippen LogP contribution in [0.15, 0.2) is 18.3 Å². The molecule has 1 aliphatic rings. The SMILES string of the molecule is CC(CNc1cc(Cl)nc2ccnn12)N1CCOCC1. The number of fused-ring (bicyclic) bond motifs is 1. The van der Waals surface area contributed by atoms with Crippen molar-refractivity contribution in [3.05, 3.63) is 23.5 Å². The van der Waals surface area contributed by atoms with Crippen LogP contribution in [-0.4, -0.2) is 58.4 Å². The van der Waals surface area contributed by atoms with Gasteiger partial charge in [-0.05, 0) is 6.92 Å². The molecular formula is C13H18ClN5O. The molecule has 0 spiro atoms. The van der Waals surface area contributed by atoms with E-state index in [1.165, 1.54) is 0 Å². The van der Waals surface area contributed by atoms with Crippen molar-refractivity contribution < 1.29 is 4.74 Å². The van der Waals surface area contributed by atoms with Gasteiger partial charge in [-0.25, -0.2) is 4.98 Å². The highest BCUT2D eigenvalue weighted by atomic mass is 35.5. The summed E-state index contributed by atoms with van der Waals surface area (Å²) in [4.78, 5) is 6.63. The van der Waals surface area contributed by atoms with Gasteiger partial charge in [0.25, 0.3) is 0 Å². The van der Waals surface area contributed by atoms with Crippen molar-refractivity contribution in [1.82, 2.24) is 19.5 Å². The Balaban J connectivity index is 1.68. The number of anilines is 1. The number of halogens is 1. The van der Waals surface area contributed by atoms with Gasteiger partial charge in [-0.1, -0.05) is 11.6 Å². The molecule has 1 N–H and O–H groups in total. The number of morpholine rings is 1. The van der Waals surface area contributed by atoms with Gasteiger partial charge >= 0.3 is 0 Å². The maximum atomic E-state index is 6.03. The molecule has 108 valence electrons. The van der Waals surface area contributed by atoms with E-state index in [0.717, 1.165) is 44.3 Å².